The Bertz CT molecular complexity index is 373. The average molecular weight is 219 g/mol. The van der Waals surface area contributed by atoms with E-state index in [0.29, 0.717) is 12.0 Å². The van der Waals surface area contributed by atoms with E-state index in [2.05, 4.69) is 43.9 Å². The summed E-state index contributed by atoms with van der Waals surface area (Å²) in [6.45, 7) is 8.10. The zero-order valence-corrected chi connectivity index (χ0v) is 10.4. The lowest BCUT2D eigenvalue weighted by Crippen LogP contribution is -2.28. The van der Waals surface area contributed by atoms with Crippen LogP contribution in [0.4, 0.5) is 5.69 Å². The molecule has 1 aliphatic rings. The van der Waals surface area contributed by atoms with E-state index in [1.165, 1.54) is 16.8 Å². The minimum absolute atomic E-state index is 0.241. The highest BCUT2D eigenvalue weighted by atomic mass is 16.2. The number of fused-ring (bicyclic) bond motifs is 1. The van der Waals surface area contributed by atoms with Gasteiger partial charge in [0, 0.05) is 30.8 Å². The van der Waals surface area contributed by atoms with Crippen LogP contribution in [0.3, 0.4) is 0 Å². The second kappa shape index (κ2) is 4.46. The Morgan fingerprint density at radius 3 is 2.81 bits per heavy atom. The molecule has 16 heavy (non-hydrogen) atoms. The molecule has 0 bridgehead atoms. The number of nitrogens with zero attached hydrogens (tertiary/aromatic N) is 1. The summed E-state index contributed by atoms with van der Waals surface area (Å²) in [5, 5.41) is 9.10. The van der Waals surface area contributed by atoms with E-state index in [9.17, 15) is 0 Å². The van der Waals surface area contributed by atoms with E-state index in [1.54, 1.807) is 0 Å². The fourth-order valence-electron chi connectivity index (χ4n) is 2.73. The summed E-state index contributed by atoms with van der Waals surface area (Å²) in [5.74, 6) is 0.583. The van der Waals surface area contributed by atoms with Crippen LogP contribution < -0.4 is 4.90 Å². The SMILES string of the molecule is CC1CN(C(C)C)c2cccc(CCO)c21. The number of rotatable bonds is 3. The Labute approximate surface area is 97.9 Å². The summed E-state index contributed by atoms with van der Waals surface area (Å²) < 4.78 is 0. The van der Waals surface area contributed by atoms with Gasteiger partial charge in [-0.15, -0.1) is 0 Å². The molecule has 0 saturated heterocycles. The molecule has 88 valence electrons. The van der Waals surface area contributed by atoms with Crippen molar-refractivity contribution in [2.45, 2.75) is 39.2 Å². The number of aliphatic hydroxyl groups is 1. The van der Waals surface area contributed by atoms with Crippen molar-refractivity contribution >= 4 is 5.69 Å². The average Bonchev–Trinajstić information content (AvgIpc) is 2.58. The molecule has 0 spiro atoms. The van der Waals surface area contributed by atoms with Crippen LogP contribution >= 0.6 is 0 Å². The van der Waals surface area contributed by atoms with Crippen molar-refractivity contribution in [2.24, 2.45) is 0 Å². The summed E-state index contributed by atoms with van der Waals surface area (Å²) in [7, 11) is 0. The van der Waals surface area contributed by atoms with Crippen molar-refractivity contribution < 1.29 is 5.11 Å². The van der Waals surface area contributed by atoms with Crippen molar-refractivity contribution in [3.63, 3.8) is 0 Å². The van der Waals surface area contributed by atoms with Gasteiger partial charge in [-0.3, -0.25) is 0 Å². The Morgan fingerprint density at radius 2 is 2.19 bits per heavy atom. The zero-order valence-electron chi connectivity index (χ0n) is 10.4. The lowest BCUT2D eigenvalue weighted by atomic mass is 9.96. The molecule has 0 aliphatic carbocycles. The third-order valence-electron chi connectivity index (χ3n) is 3.45. The first-order valence-electron chi connectivity index (χ1n) is 6.14. The normalized spacial score (nSPS) is 19.3. The molecule has 1 atom stereocenters. The van der Waals surface area contributed by atoms with Crippen LogP contribution in [0, 0.1) is 0 Å². The van der Waals surface area contributed by atoms with Gasteiger partial charge in [-0.1, -0.05) is 19.1 Å². The van der Waals surface area contributed by atoms with Crippen LogP contribution in [0.25, 0.3) is 0 Å². The molecule has 2 rings (SSSR count). The van der Waals surface area contributed by atoms with Crippen molar-refractivity contribution in [1.82, 2.24) is 0 Å². The van der Waals surface area contributed by atoms with E-state index >= 15 is 0 Å². The summed E-state index contributed by atoms with van der Waals surface area (Å²) >= 11 is 0. The van der Waals surface area contributed by atoms with Gasteiger partial charge in [-0.05, 0) is 37.5 Å². The Morgan fingerprint density at radius 1 is 1.44 bits per heavy atom. The van der Waals surface area contributed by atoms with Gasteiger partial charge < -0.3 is 10.0 Å². The maximum Gasteiger partial charge on any atom is 0.0471 e. The standard InChI is InChI=1S/C14H21NO/c1-10(2)15-9-11(3)14-12(7-8-16)5-4-6-13(14)15/h4-6,10-11,16H,7-9H2,1-3H3. The van der Waals surface area contributed by atoms with Gasteiger partial charge in [0.25, 0.3) is 0 Å². The van der Waals surface area contributed by atoms with Gasteiger partial charge >= 0.3 is 0 Å². The van der Waals surface area contributed by atoms with Gasteiger partial charge in [0.2, 0.25) is 0 Å². The Hall–Kier alpha value is -1.02. The number of benzene rings is 1. The minimum atomic E-state index is 0.241. The minimum Gasteiger partial charge on any atom is -0.396 e. The van der Waals surface area contributed by atoms with Crippen molar-refractivity contribution in [1.29, 1.82) is 0 Å². The quantitative estimate of drug-likeness (QED) is 0.844. The first kappa shape index (κ1) is 11.5. The smallest absolute Gasteiger partial charge is 0.0471 e. The van der Waals surface area contributed by atoms with Gasteiger partial charge in [0.15, 0.2) is 0 Å². The Kier molecular flexibility index (Phi) is 3.20. The van der Waals surface area contributed by atoms with Crippen LogP contribution in [0.2, 0.25) is 0 Å². The molecule has 1 aromatic carbocycles. The summed E-state index contributed by atoms with van der Waals surface area (Å²) in [4.78, 5) is 2.46. The molecule has 1 aliphatic heterocycles. The van der Waals surface area contributed by atoms with Gasteiger partial charge in [-0.2, -0.15) is 0 Å². The molecule has 1 unspecified atom stereocenters. The first-order chi connectivity index (χ1) is 7.65. The van der Waals surface area contributed by atoms with Gasteiger partial charge in [0.1, 0.15) is 0 Å². The van der Waals surface area contributed by atoms with Crippen LogP contribution in [0.15, 0.2) is 18.2 Å². The lowest BCUT2D eigenvalue weighted by molar-refractivity contribution is 0.299. The fraction of sp³-hybridized carbons (Fsp3) is 0.571. The summed E-state index contributed by atoms with van der Waals surface area (Å²) in [6, 6.07) is 7.01. The third kappa shape index (κ3) is 1.82. The van der Waals surface area contributed by atoms with Crippen LogP contribution in [0.5, 0.6) is 0 Å². The molecular weight excluding hydrogens is 198 g/mol. The number of hydrogen-bond acceptors (Lipinski definition) is 2. The fourth-order valence-corrected chi connectivity index (χ4v) is 2.73. The highest BCUT2D eigenvalue weighted by molar-refractivity contribution is 5.63. The summed E-state index contributed by atoms with van der Waals surface area (Å²) in [5.41, 5.74) is 4.13. The van der Waals surface area contributed by atoms with Crippen molar-refractivity contribution in [2.75, 3.05) is 18.1 Å². The molecule has 1 aromatic rings. The lowest BCUT2D eigenvalue weighted by Gasteiger charge is -2.24. The number of aliphatic hydroxyl groups excluding tert-OH is 1. The van der Waals surface area contributed by atoms with Crippen LogP contribution in [-0.2, 0) is 6.42 Å². The van der Waals surface area contributed by atoms with Crippen molar-refractivity contribution in [3.8, 4) is 0 Å². The van der Waals surface area contributed by atoms with E-state index in [1.807, 2.05) is 0 Å². The molecular formula is C14H21NO. The molecule has 0 aromatic heterocycles. The zero-order chi connectivity index (χ0) is 11.7. The van der Waals surface area contributed by atoms with Gasteiger partial charge in [-0.25, -0.2) is 0 Å². The molecule has 1 heterocycles. The number of hydrogen-bond donors (Lipinski definition) is 1. The predicted molar refractivity (Wildman–Crippen MR) is 68.1 cm³/mol. The molecule has 2 heteroatoms. The van der Waals surface area contributed by atoms with E-state index in [-0.39, 0.29) is 6.61 Å². The van der Waals surface area contributed by atoms with Gasteiger partial charge in [0.05, 0.1) is 0 Å². The Balaban J connectivity index is 2.43. The topological polar surface area (TPSA) is 23.5 Å². The van der Waals surface area contributed by atoms with Crippen LogP contribution in [-0.4, -0.2) is 24.3 Å². The molecule has 0 fully saturated rings. The second-order valence-electron chi connectivity index (χ2n) is 4.97. The maximum absolute atomic E-state index is 9.10. The predicted octanol–water partition coefficient (Wildman–Crippen LogP) is 2.55. The van der Waals surface area contributed by atoms with Crippen molar-refractivity contribution in [3.05, 3.63) is 29.3 Å². The molecule has 0 radical (unpaired) electrons. The maximum atomic E-state index is 9.10. The molecule has 2 nitrogen and oxygen atoms in total. The first-order valence-corrected chi connectivity index (χ1v) is 6.14. The molecule has 0 amide bonds. The number of anilines is 1. The van der Waals surface area contributed by atoms with E-state index in [0.717, 1.165) is 13.0 Å². The monoisotopic (exact) mass is 219 g/mol. The largest absolute Gasteiger partial charge is 0.396 e. The molecule has 0 saturated carbocycles. The van der Waals surface area contributed by atoms with Crippen LogP contribution in [0.1, 0.15) is 37.8 Å². The summed E-state index contributed by atoms with van der Waals surface area (Å²) in [6.07, 6.45) is 0.777. The third-order valence-corrected chi connectivity index (χ3v) is 3.45. The molecule has 1 N–H and O–H groups in total. The highest BCUT2D eigenvalue weighted by Gasteiger charge is 2.28. The van der Waals surface area contributed by atoms with E-state index < -0.39 is 0 Å². The van der Waals surface area contributed by atoms with E-state index in [4.69, 9.17) is 5.11 Å². The highest BCUT2D eigenvalue weighted by Crippen LogP contribution is 2.39. The second-order valence-corrected chi connectivity index (χ2v) is 4.97.